The lowest BCUT2D eigenvalue weighted by molar-refractivity contribution is 0.302. The van der Waals surface area contributed by atoms with Gasteiger partial charge in [-0.15, -0.1) is 0 Å². The van der Waals surface area contributed by atoms with Crippen molar-refractivity contribution in [3.8, 4) is 17.6 Å². The molecule has 0 aliphatic heterocycles. The van der Waals surface area contributed by atoms with Gasteiger partial charge in [-0.1, -0.05) is 11.8 Å². The normalized spacial score (nSPS) is 9.90. The van der Waals surface area contributed by atoms with Crippen LogP contribution in [-0.2, 0) is 6.61 Å². The molecule has 0 atom stereocenters. The second-order valence-corrected chi connectivity index (χ2v) is 4.20. The molecule has 0 saturated heterocycles. The average Bonchev–Trinajstić information content (AvgIpc) is 2.41. The van der Waals surface area contributed by atoms with E-state index in [9.17, 15) is 13.2 Å². The van der Waals surface area contributed by atoms with Crippen molar-refractivity contribution in [2.75, 3.05) is 6.61 Å². The van der Waals surface area contributed by atoms with Crippen LogP contribution < -0.4 is 4.74 Å². The number of hydrogen-bond acceptors (Lipinski definition) is 2. The lowest BCUT2D eigenvalue weighted by Gasteiger charge is -2.07. The fraction of sp³-hybridized carbons (Fsp3) is 0.125. The molecule has 21 heavy (non-hydrogen) atoms. The van der Waals surface area contributed by atoms with E-state index in [4.69, 9.17) is 9.84 Å². The molecule has 0 bridgehead atoms. The Labute approximate surface area is 119 Å². The van der Waals surface area contributed by atoms with E-state index in [0.717, 1.165) is 18.2 Å². The molecule has 2 rings (SSSR count). The predicted molar refractivity (Wildman–Crippen MR) is 71.1 cm³/mol. The van der Waals surface area contributed by atoms with Crippen LogP contribution in [0, 0.1) is 29.3 Å². The van der Waals surface area contributed by atoms with Crippen LogP contribution in [0.2, 0.25) is 0 Å². The summed E-state index contributed by atoms with van der Waals surface area (Å²) >= 11 is 0. The summed E-state index contributed by atoms with van der Waals surface area (Å²) in [6.45, 7) is -0.390. The lowest BCUT2D eigenvalue weighted by Crippen LogP contribution is -1.98. The van der Waals surface area contributed by atoms with Crippen molar-refractivity contribution in [1.29, 1.82) is 0 Å². The first-order valence-electron chi connectivity index (χ1n) is 6.05. The zero-order valence-corrected chi connectivity index (χ0v) is 10.9. The molecule has 108 valence electrons. The van der Waals surface area contributed by atoms with Gasteiger partial charge in [0.1, 0.15) is 36.4 Å². The highest BCUT2D eigenvalue weighted by Gasteiger charge is 2.04. The minimum absolute atomic E-state index is 0.0137. The maximum atomic E-state index is 13.4. The van der Waals surface area contributed by atoms with Crippen molar-refractivity contribution in [2.24, 2.45) is 0 Å². The van der Waals surface area contributed by atoms with Gasteiger partial charge in [-0.05, 0) is 23.8 Å². The summed E-state index contributed by atoms with van der Waals surface area (Å²) in [5.41, 5.74) is 0.843. The number of aliphatic hydroxyl groups excluding tert-OH is 1. The number of aliphatic hydroxyl groups is 1. The Bertz CT molecular complexity index is 682. The van der Waals surface area contributed by atoms with Gasteiger partial charge in [0.25, 0.3) is 0 Å². The Morgan fingerprint density at radius 1 is 0.905 bits per heavy atom. The summed E-state index contributed by atoms with van der Waals surface area (Å²) in [4.78, 5) is 0. The Morgan fingerprint density at radius 3 is 2.24 bits per heavy atom. The zero-order chi connectivity index (χ0) is 15.2. The first kappa shape index (κ1) is 14.9. The molecule has 2 nitrogen and oxygen atoms in total. The van der Waals surface area contributed by atoms with E-state index in [2.05, 4.69) is 11.8 Å². The Morgan fingerprint density at radius 2 is 1.57 bits per heavy atom. The van der Waals surface area contributed by atoms with E-state index in [-0.39, 0.29) is 19.0 Å². The van der Waals surface area contributed by atoms with Crippen LogP contribution >= 0.6 is 0 Å². The molecular weight excluding hydrogens is 281 g/mol. The molecule has 5 heteroatoms. The van der Waals surface area contributed by atoms with E-state index >= 15 is 0 Å². The number of ether oxygens (including phenoxy) is 1. The van der Waals surface area contributed by atoms with Gasteiger partial charge in [0, 0.05) is 23.8 Å². The zero-order valence-electron chi connectivity index (χ0n) is 10.9. The summed E-state index contributed by atoms with van der Waals surface area (Å²) in [6.07, 6.45) is 0. The second kappa shape index (κ2) is 6.82. The van der Waals surface area contributed by atoms with Crippen molar-refractivity contribution in [3.05, 3.63) is 65.0 Å². The van der Waals surface area contributed by atoms with Crippen molar-refractivity contribution in [1.82, 2.24) is 0 Å². The monoisotopic (exact) mass is 292 g/mol. The van der Waals surface area contributed by atoms with Gasteiger partial charge in [-0.25, -0.2) is 13.2 Å². The summed E-state index contributed by atoms with van der Waals surface area (Å²) < 4.78 is 44.6. The Kier molecular flexibility index (Phi) is 4.85. The quantitative estimate of drug-likeness (QED) is 0.881. The van der Waals surface area contributed by atoms with E-state index in [1.54, 1.807) is 6.07 Å². The summed E-state index contributed by atoms with van der Waals surface area (Å²) in [7, 11) is 0. The lowest BCUT2D eigenvalue weighted by atomic mass is 10.1. The van der Waals surface area contributed by atoms with Gasteiger partial charge in [0.2, 0.25) is 0 Å². The maximum Gasteiger partial charge on any atom is 0.129 e. The topological polar surface area (TPSA) is 29.5 Å². The van der Waals surface area contributed by atoms with Crippen LogP contribution in [0.4, 0.5) is 13.2 Å². The highest BCUT2D eigenvalue weighted by molar-refractivity contribution is 5.38. The molecule has 2 aromatic carbocycles. The third-order valence-corrected chi connectivity index (χ3v) is 2.51. The van der Waals surface area contributed by atoms with Gasteiger partial charge in [0.05, 0.1) is 0 Å². The summed E-state index contributed by atoms with van der Waals surface area (Å²) in [6, 6.07) is 6.83. The first-order valence-corrected chi connectivity index (χ1v) is 6.05. The third kappa shape index (κ3) is 4.55. The van der Waals surface area contributed by atoms with Crippen LogP contribution in [0.1, 0.15) is 11.1 Å². The van der Waals surface area contributed by atoms with Gasteiger partial charge < -0.3 is 9.84 Å². The van der Waals surface area contributed by atoms with Gasteiger partial charge in [-0.2, -0.15) is 0 Å². The van der Waals surface area contributed by atoms with Gasteiger partial charge in [0.15, 0.2) is 0 Å². The standard InChI is InChI=1S/C16H11F3O2/c17-13-5-11(2-1-3-20)4-12(6-13)10-21-16-8-14(18)7-15(19)9-16/h4-9,20H,3,10H2. The van der Waals surface area contributed by atoms with Crippen molar-refractivity contribution >= 4 is 0 Å². The number of rotatable bonds is 3. The molecule has 0 unspecified atom stereocenters. The molecule has 0 aliphatic carbocycles. The van der Waals surface area contributed by atoms with Crippen LogP contribution in [0.3, 0.4) is 0 Å². The Hall–Kier alpha value is -2.45. The van der Waals surface area contributed by atoms with E-state index < -0.39 is 17.5 Å². The average molecular weight is 292 g/mol. The molecule has 0 amide bonds. The molecule has 0 fully saturated rings. The van der Waals surface area contributed by atoms with E-state index in [1.807, 2.05) is 0 Å². The summed E-state index contributed by atoms with van der Waals surface area (Å²) in [5.74, 6) is 2.98. The maximum absolute atomic E-state index is 13.4. The van der Waals surface area contributed by atoms with Crippen molar-refractivity contribution < 1.29 is 23.0 Å². The number of benzene rings is 2. The highest BCUT2D eigenvalue weighted by Crippen LogP contribution is 2.17. The van der Waals surface area contributed by atoms with Crippen LogP contribution in [-0.4, -0.2) is 11.7 Å². The van der Waals surface area contributed by atoms with Crippen LogP contribution in [0.5, 0.6) is 5.75 Å². The molecular formula is C16H11F3O2. The third-order valence-electron chi connectivity index (χ3n) is 2.51. The molecule has 0 aromatic heterocycles. The predicted octanol–water partition coefficient (Wildman–Crippen LogP) is 3.03. The molecule has 0 radical (unpaired) electrons. The highest BCUT2D eigenvalue weighted by atomic mass is 19.1. The van der Waals surface area contributed by atoms with E-state index in [0.29, 0.717) is 11.1 Å². The van der Waals surface area contributed by atoms with E-state index in [1.165, 1.54) is 12.1 Å². The number of hydrogen-bond donors (Lipinski definition) is 1. The molecule has 0 aliphatic rings. The number of halogens is 3. The van der Waals surface area contributed by atoms with Crippen molar-refractivity contribution in [3.63, 3.8) is 0 Å². The first-order chi connectivity index (χ1) is 10.1. The van der Waals surface area contributed by atoms with Crippen LogP contribution in [0.15, 0.2) is 36.4 Å². The second-order valence-electron chi connectivity index (χ2n) is 4.20. The molecule has 0 heterocycles. The minimum Gasteiger partial charge on any atom is -0.489 e. The smallest absolute Gasteiger partial charge is 0.129 e. The van der Waals surface area contributed by atoms with Crippen molar-refractivity contribution in [2.45, 2.75) is 6.61 Å². The summed E-state index contributed by atoms with van der Waals surface area (Å²) in [5, 5.41) is 8.61. The molecule has 2 aromatic rings. The van der Waals surface area contributed by atoms with Gasteiger partial charge >= 0.3 is 0 Å². The minimum atomic E-state index is -0.751. The Balaban J connectivity index is 2.14. The molecule has 0 spiro atoms. The fourth-order valence-corrected chi connectivity index (χ4v) is 1.73. The fourth-order valence-electron chi connectivity index (χ4n) is 1.73. The van der Waals surface area contributed by atoms with Crippen LogP contribution in [0.25, 0.3) is 0 Å². The largest absolute Gasteiger partial charge is 0.489 e. The SMILES string of the molecule is OCC#Cc1cc(F)cc(COc2cc(F)cc(F)c2)c1. The van der Waals surface area contributed by atoms with Gasteiger partial charge in [-0.3, -0.25) is 0 Å². The molecule has 1 N–H and O–H groups in total. The molecule has 0 saturated carbocycles.